The monoisotopic (exact) mass is 379 g/mol. The number of benzene rings is 2. The van der Waals surface area contributed by atoms with Gasteiger partial charge in [0.05, 0.1) is 23.3 Å². The fourth-order valence-electron chi connectivity index (χ4n) is 3.46. The first-order valence-corrected chi connectivity index (χ1v) is 9.29. The molecule has 29 heavy (non-hydrogen) atoms. The molecule has 5 rings (SSSR count). The molecule has 3 heterocycles. The van der Waals surface area contributed by atoms with Gasteiger partial charge in [-0.15, -0.1) is 0 Å². The molecule has 0 aliphatic carbocycles. The van der Waals surface area contributed by atoms with Crippen molar-refractivity contribution in [2.45, 2.75) is 6.54 Å². The maximum absolute atomic E-state index is 13.0. The van der Waals surface area contributed by atoms with Crippen LogP contribution in [0.1, 0.15) is 16.1 Å². The second-order valence-electron chi connectivity index (χ2n) is 6.72. The van der Waals surface area contributed by atoms with Crippen LogP contribution in [0.3, 0.4) is 0 Å². The summed E-state index contributed by atoms with van der Waals surface area (Å²) in [4.78, 5) is 21.8. The van der Waals surface area contributed by atoms with Gasteiger partial charge < -0.3 is 5.32 Å². The average molecular weight is 379 g/mol. The number of aromatic nitrogens is 4. The highest BCUT2D eigenvalue weighted by molar-refractivity contribution is 6.18. The van der Waals surface area contributed by atoms with Crippen molar-refractivity contribution in [2.24, 2.45) is 0 Å². The van der Waals surface area contributed by atoms with E-state index in [0.717, 1.165) is 21.9 Å². The van der Waals surface area contributed by atoms with Crippen LogP contribution < -0.4 is 5.32 Å². The van der Waals surface area contributed by atoms with Crippen molar-refractivity contribution >= 4 is 33.4 Å². The van der Waals surface area contributed by atoms with Crippen LogP contribution in [-0.2, 0) is 6.54 Å². The highest BCUT2D eigenvalue weighted by atomic mass is 16.1. The van der Waals surface area contributed by atoms with Gasteiger partial charge in [0, 0.05) is 30.0 Å². The predicted octanol–water partition coefficient (Wildman–Crippen LogP) is 4.28. The molecule has 3 aromatic heterocycles. The van der Waals surface area contributed by atoms with Crippen LogP contribution in [0.15, 0.2) is 85.3 Å². The summed E-state index contributed by atoms with van der Waals surface area (Å²) in [6, 6.07) is 21.3. The first-order chi connectivity index (χ1) is 14.3. The zero-order valence-electron chi connectivity index (χ0n) is 15.5. The summed E-state index contributed by atoms with van der Waals surface area (Å²) >= 11 is 0. The van der Waals surface area contributed by atoms with Gasteiger partial charge in [-0.2, -0.15) is 5.10 Å². The summed E-state index contributed by atoms with van der Waals surface area (Å²) < 4.78 is 1.74. The molecule has 0 fully saturated rings. The topological polar surface area (TPSA) is 72.7 Å². The third kappa shape index (κ3) is 3.32. The zero-order valence-corrected chi connectivity index (χ0v) is 15.5. The number of fused-ring (bicyclic) bond motifs is 3. The van der Waals surface area contributed by atoms with Crippen LogP contribution in [0.25, 0.3) is 21.7 Å². The molecule has 6 nitrogen and oxygen atoms in total. The van der Waals surface area contributed by atoms with E-state index in [1.807, 2.05) is 66.9 Å². The molecule has 0 saturated carbocycles. The molecule has 140 valence electrons. The van der Waals surface area contributed by atoms with E-state index in [1.54, 1.807) is 23.1 Å². The number of hydrogen-bond acceptors (Lipinski definition) is 4. The van der Waals surface area contributed by atoms with Gasteiger partial charge in [-0.1, -0.05) is 36.4 Å². The Morgan fingerprint density at radius 1 is 0.897 bits per heavy atom. The van der Waals surface area contributed by atoms with E-state index in [-0.39, 0.29) is 5.91 Å². The molecule has 0 unspecified atom stereocenters. The van der Waals surface area contributed by atoms with E-state index in [1.165, 1.54) is 0 Å². The number of nitrogens with one attached hydrogen (secondary N) is 1. The number of pyridine rings is 2. The Balaban J connectivity index is 1.46. The molecule has 0 atom stereocenters. The smallest absolute Gasteiger partial charge is 0.259 e. The van der Waals surface area contributed by atoms with E-state index >= 15 is 0 Å². The summed E-state index contributed by atoms with van der Waals surface area (Å²) in [5.74, 6) is 0.255. The Morgan fingerprint density at radius 3 is 2.62 bits per heavy atom. The van der Waals surface area contributed by atoms with E-state index < -0.39 is 0 Å². The van der Waals surface area contributed by atoms with E-state index in [2.05, 4.69) is 20.4 Å². The molecular formula is C23H17N5O. The Hall–Kier alpha value is -4.06. The molecule has 0 spiro atoms. The van der Waals surface area contributed by atoms with Gasteiger partial charge in [-0.25, -0.2) is 0 Å². The van der Waals surface area contributed by atoms with Crippen molar-refractivity contribution in [3.8, 4) is 0 Å². The van der Waals surface area contributed by atoms with Crippen LogP contribution >= 0.6 is 0 Å². The lowest BCUT2D eigenvalue weighted by molar-refractivity contribution is 0.102. The molecule has 6 heteroatoms. The number of anilines is 1. The van der Waals surface area contributed by atoms with Gasteiger partial charge in [-0.3, -0.25) is 19.4 Å². The normalized spacial score (nSPS) is 11.0. The van der Waals surface area contributed by atoms with Gasteiger partial charge in [0.1, 0.15) is 0 Å². The Bertz CT molecular complexity index is 1330. The van der Waals surface area contributed by atoms with Crippen molar-refractivity contribution in [3.05, 3.63) is 96.6 Å². The van der Waals surface area contributed by atoms with E-state index in [0.29, 0.717) is 23.4 Å². The minimum atomic E-state index is -0.234. The molecule has 0 aliphatic rings. The molecule has 0 radical (unpaired) electrons. The van der Waals surface area contributed by atoms with Gasteiger partial charge in [-0.05, 0) is 35.0 Å². The standard InChI is InChI=1S/C23H17N5O/c29-23(26-21-10-13-28(27-21)15-17-7-3-4-11-24-17)20-14-16-6-1-2-8-18(16)19-9-5-12-25-22(19)20/h1-14H,15H2,(H,26,27,29). The molecule has 0 aliphatic heterocycles. The minimum absolute atomic E-state index is 0.234. The molecule has 1 amide bonds. The third-order valence-corrected chi connectivity index (χ3v) is 4.79. The maximum Gasteiger partial charge on any atom is 0.259 e. The number of nitrogens with zero attached hydrogens (tertiary/aromatic N) is 4. The SMILES string of the molecule is O=C(Nc1ccn(Cc2ccccn2)n1)c1cc2ccccc2c2cccnc12. The van der Waals surface area contributed by atoms with Crippen LogP contribution in [0, 0.1) is 0 Å². The number of amides is 1. The van der Waals surface area contributed by atoms with Crippen LogP contribution in [0.2, 0.25) is 0 Å². The Morgan fingerprint density at radius 2 is 1.72 bits per heavy atom. The second-order valence-corrected chi connectivity index (χ2v) is 6.72. The lowest BCUT2D eigenvalue weighted by Gasteiger charge is -2.09. The lowest BCUT2D eigenvalue weighted by atomic mass is 10.0. The van der Waals surface area contributed by atoms with Crippen molar-refractivity contribution in [1.29, 1.82) is 0 Å². The molecular weight excluding hydrogens is 362 g/mol. The lowest BCUT2D eigenvalue weighted by Crippen LogP contribution is -2.14. The Kier molecular flexibility index (Phi) is 4.22. The summed E-state index contributed by atoms with van der Waals surface area (Å²) in [6.45, 7) is 0.539. The van der Waals surface area contributed by atoms with Crippen molar-refractivity contribution < 1.29 is 4.79 Å². The summed E-state index contributed by atoms with van der Waals surface area (Å²) in [7, 11) is 0. The van der Waals surface area contributed by atoms with Crippen molar-refractivity contribution in [3.63, 3.8) is 0 Å². The first-order valence-electron chi connectivity index (χ1n) is 9.29. The molecule has 0 saturated heterocycles. The highest BCUT2D eigenvalue weighted by Gasteiger charge is 2.15. The van der Waals surface area contributed by atoms with Crippen molar-refractivity contribution in [2.75, 3.05) is 5.32 Å². The average Bonchev–Trinajstić information content (AvgIpc) is 3.20. The van der Waals surface area contributed by atoms with E-state index in [9.17, 15) is 4.79 Å². The largest absolute Gasteiger partial charge is 0.305 e. The number of carbonyl (C=O) groups is 1. The predicted molar refractivity (Wildman–Crippen MR) is 113 cm³/mol. The Labute approximate surface area is 166 Å². The fraction of sp³-hybridized carbons (Fsp3) is 0.0435. The summed E-state index contributed by atoms with van der Waals surface area (Å²) in [6.07, 6.45) is 5.27. The molecule has 2 aromatic carbocycles. The van der Waals surface area contributed by atoms with Gasteiger partial charge in [0.15, 0.2) is 5.82 Å². The quantitative estimate of drug-likeness (QED) is 0.473. The van der Waals surface area contributed by atoms with Crippen LogP contribution in [0.5, 0.6) is 0 Å². The molecule has 5 aromatic rings. The maximum atomic E-state index is 13.0. The van der Waals surface area contributed by atoms with Crippen LogP contribution in [0.4, 0.5) is 5.82 Å². The zero-order chi connectivity index (χ0) is 19.6. The van der Waals surface area contributed by atoms with E-state index in [4.69, 9.17) is 0 Å². The summed E-state index contributed by atoms with van der Waals surface area (Å²) in [5, 5.41) is 10.4. The summed E-state index contributed by atoms with van der Waals surface area (Å²) in [5.41, 5.74) is 2.10. The fourth-order valence-corrected chi connectivity index (χ4v) is 3.46. The minimum Gasteiger partial charge on any atom is -0.305 e. The van der Waals surface area contributed by atoms with Crippen molar-refractivity contribution in [1.82, 2.24) is 19.7 Å². The molecule has 0 bridgehead atoms. The number of carbonyl (C=O) groups excluding carboxylic acids is 1. The van der Waals surface area contributed by atoms with Gasteiger partial charge >= 0.3 is 0 Å². The molecule has 1 N–H and O–H groups in total. The highest BCUT2D eigenvalue weighted by Crippen LogP contribution is 2.27. The third-order valence-electron chi connectivity index (χ3n) is 4.79. The van der Waals surface area contributed by atoms with Gasteiger partial charge in [0.2, 0.25) is 0 Å². The number of hydrogen-bond donors (Lipinski definition) is 1. The number of rotatable bonds is 4. The first kappa shape index (κ1) is 17.1. The van der Waals surface area contributed by atoms with Gasteiger partial charge in [0.25, 0.3) is 5.91 Å². The second kappa shape index (κ2) is 7.16. The van der Waals surface area contributed by atoms with Crippen LogP contribution in [-0.4, -0.2) is 25.7 Å².